The van der Waals surface area contributed by atoms with E-state index in [0.29, 0.717) is 10.8 Å². The number of aromatic hydroxyl groups is 1. The summed E-state index contributed by atoms with van der Waals surface area (Å²) in [5.74, 6) is 1.58. The van der Waals surface area contributed by atoms with Gasteiger partial charge in [-0.1, -0.05) is 41.1 Å². The monoisotopic (exact) mass is 469 g/mol. The summed E-state index contributed by atoms with van der Waals surface area (Å²) in [5.41, 5.74) is 2.20. The normalized spacial score (nSPS) is 15.9. The van der Waals surface area contributed by atoms with Crippen LogP contribution in [0.5, 0.6) is 11.6 Å². The number of aryl methyl sites for hydroxylation is 1. The van der Waals surface area contributed by atoms with Gasteiger partial charge in [-0.25, -0.2) is 4.98 Å². The van der Waals surface area contributed by atoms with Crippen molar-refractivity contribution in [3.8, 4) is 11.6 Å². The number of benzene rings is 2. The zero-order valence-electron chi connectivity index (χ0n) is 17.9. The van der Waals surface area contributed by atoms with Crippen molar-refractivity contribution in [2.75, 3.05) is 38.2 Å². The van der Waals surface area contributed by atoms with Gasteiger partial charge in [-0.15, -0.1) is 5.10 Å². The van der Waals surface area contributed by atoms with E-state index in [-0.39, 0.29) is 11.9 Å². The lowest BCUT2D eigenvalue weighted by Crippen LogP contribution is -2.47. The lowest BCUT2D eigenvalue weighted by molar-refractivity contribution is 0.211. The van der Waals surface area contributed by atoms with E-state index in [1.807, 2.05) is 43.3 Å². The molecule has 5 rings (SSSR count). The molecule has 4 aromatic rings. The molecule has 7 nitrogen and oxygen atoms in total. The van der Waals surface area contributed by atoms with Gasteiger partial charge in [-0.3, -0.25) is 4.90 Å². The molecule has 2 aromatic heterocycles. The molecule has 1 N–H and O–H groups in total. The predicted molar refractivity (Wildman–Crippen MR) is 127 cm³/mol. The average Bonchev–Trinajstić information content (AvgIpc) is 3.31. The Bertz CT molecular complexity index is 1250. The highest BCUT2D eigenvalue weighted by Gasteiger charge is 2.32. The Morgan fingerprint density at radius 2 is 1.88 bits per heavy atom. The summed E-state index contributed by atoms with van der Waals surface area (Å²) in [5, 5.41) is 16.1. The molecule has 0 bridgehead atoms. The standard InChI is InChI=1S/C23H24ClN5O2S/c1-15-25-23-29(26-15)22(30)21(32-23)20(16-5-3-8-19(13-16)31-2)28-11-9-27(10-12-28)18-7-4-6-17(24)14-18/h3-8,13-14,20,30H,9-12H2,1-2H3. The first-order valence-electron chi connectivity index (χ1n) is 10.5. The van der Waals surface area contributed by atoms with Crippen molar-refractivity contribution in [3.05, 3.63) is 69.8 Å². The maximum atomic E-state index is 11.0. The number of fused-ring (bicyclic) bond motifs is 1. The number of ether oxygens (including phenoxy) is 1. The fourth-order valence-corrected chi connectivity index (χ4v) is 5.62. The minimum absolute atomic E-state index is 0.125. The topological polar surface area (TPSA) is 66.1 Å². The molecule has 3 heterocycles. The summed E-state index contributed by atoms with van der Waals surface area (Å²) < 4.78 is 7.01. The van der Waals surface area contributed by atoms with Crippen LogP contribution in [0.2, 0.25) is 5.02 Å². The maximum absolute atomic E-state index is 11.0. The number of anilines is 1. The van der Waals surface area contributed by atoms with Crippen LogP contribution in [0, 0.1) is 6.92 Å². The molecular formula is C23H24ClN5O2S. The molecule has 0 radical (unpaired) electrons. The Hall–Kier alpha value is -2.81. The van der Waals surface area contributed by atoms with Gasteiger partial charge in [0.05, 0.1) is 18.0 Å². The molecule has 1 saturated heterocycles. The number of rotatable bonds is 5. The summed E-state index contributed by atoms with van der Waals surface area (Å²) in [6, 6.07) is 15.9. The van der Waals surface area contributed by atoms with Gasteiger partial charge in [0.15, 0.2) is 0 Å². The summed E-state index contributed by atoms with van der Waals surface area (Å²) in [4.78, 5) is 10.7. The smallest absolute Gasteiger partial charge is 0.230 e. The highest BCUT2D eigenvalue weighted by atomic mass is 35.5. The van der Waals surface area contributed by atoms with Crippen LogP contribution in [0.4, 0.5) is 5.69 Å². The number of thiazole rings is 1. The third kappa shape index (κ3) is 3.90. The maximum Gasteiger partial charge on any atom is 0.230 e. The molecule has 166 valence electrons. The lowest BCUT2D eigenvalue weighted by atomic mass is 10.0. The van der Waals surface area contributed by atoms with Crippen molar-refractivity contribution in [1.82, 2.24) is 19.5 Å². The Labute approximate surface area is 195 Å². The summed E-state index contributed by atoms with van der Waals surface area (Å²) in [7, 11) is 1.67. The molecule has 0 aliphatic carbocycles. The van der Waals surface area contributed by atoms with Crippen molar-refractivity contribution in [1.29, 1.82) is 0 Å². The van der Waals surface area contributed by atoms with Crippen LogP contribution in [0.3, 0.4) is 0 Å². The molecule has 0 spiro atoms. The number of hydrogen-bond acceptors (Lipinski definition) is 7. The quantitative estimate of drug-likeness (QED) is 0.468. The molecule has 9 heteroatoms. The zero-order valence-corrected chi connectivity index (χ0v) is 19.5. The van der Waals surface area contributed by atoms with Gasteiger partial charge in [0.1, 0.15) is 11.6 Å². The summed E-state index contributed by atoms with van der Waals surface area (Å²) >= 11 is 7.68. The summed E-state index contributed by atoms with van der Waals surface area (Å²) in [6.45, 7) is 5.22. The third-order valence-electron chi connectivity index (χ3n) is 5.82. The number of halogens is 1. The Morgan fingerprint density at radius 1 is 1.09 bits per heavy atom. The van der Waals surface area contributed by atoms with Crippen LogP contribution >= 0.6 is 22.9 Å². The van der Waals surface area contributed by atoms with Gasteiger partial charge < -0.3 is 14.7 Å². The van der Waals surface area contributed by atoms with Crippen LogP contribution in [0.15, 0.2) is 48.5 Å². The van der Waals surface area contributed by atoms with E-state index < -0.39 is 0 Å². The van der Waals surface area contributed by atoms with Gasteiger partial charge in [0, 0.05) is 36.9 Å². The molecule has 2 aromatic carbocycles. The van der Waals surface area contributed by atoms with Crippen LogP contribution in [-0.4, -0.2) is 57.9 Å². The number of nitrogens with zero attached hydrogens (tertiary/aromatic N) is 5. The van der Waals surface area contributed by atoms with E-state index in [1.165, 1.54) is 15.9 Å². The fraction of sp³-hybridized carbons (Fsp3) is 0.304. The largest absolute Gasteiger partial charge is 0.497 e. The van der Waals surface area contributed by atoms with E-state index in [4.69, 9.17) is 16.3 Å². The van der Waals surface area contributed by atoms with Gasteiger partial charge in [0.25, 0.3) is 0 Å². The van der Waals surface area contributed by atoms with Crippen LogP contribution in [0.25, 0.3) is 4.96 Å². The number of piperazine rings is 1. The Kier molecular flexibility index (Phi) is 5.67. The molecule has 1 unspecified atom stereocenters. The van der Waals surface area contributed by atoms with Crippen molar-refractivity contribution >= 4 is 33.6 Å². The molecule has 1 atom stereocenters. The number of aromatic nitrogens is 3. The van der Waals surface area contributed by atoms with Gasteiger partial charge >= 0.3 is 0 Å². The fourth-order valence-electron chi connectivity index (χ4n) is 4.28. The lowest BCUT2D eigenvalue weighted by Gasteiger charge is -2.40. The number of methoxy groups -OCH3 is 1. The van der Waals surface area contributed by atoms with Gasteiger partial charge in [0.2, 0.25) is 10.8 Å². The van der Waals surface area contributed by atoms with Crippen molar-refractivity contribution in [2.45, 2.75) is 13.0 Å². The Morgan fingerprint density at radius 3 is 2.59 bits per heavy atom. The predicted octanol–water partition coefficient (Wildman–Crippen LogP) is 4.38. The first-order chi connectivity index (χ1) is 15.5. The van der Waals surface area contributed by atoms with E-state index in [9.17, 15) is 5.11 Å². The molecule has 32 heavy (non-hydrogen) atoms. The average molecular weight is 470 g/mol. The molecule has 0 amide bonds. The molecular weight excluding hydrogens is 446 g/mol. The van der Waals surface area contributed by atoms with E-state index in [0.717, 1.165) is 53.1 Å². The van der Waals surface area contributed by atoms with E-state index >= 15 is 0 Å². The highest BCUT2D eigenvalue weighted by molar-refractivity contribution is 7.17. The van der Waals surface area contributed by atoms with Crippen molar-refractivity contribution < 1.29 is 9.84 Å². The van der Waals surface area contributed by atoms with Gasteiger partial charge in [-0.2, -0.15) is 4.52 Å². The highest BCUT2D eigenvalue weighted by Crippen LogP contribution is 2.41. The first kappa shape index (κ1) is 21.1. The van der Waals surface area contributed by atoms with Crippen LogP contribution < -0.4 is 9.64 Å². The second-order valence-corrected chi connectivity index (χ2v) is 9.27. The number of hydrogen-bond donors (Lipinski definition) is 1. The summed E-state index contributed by atoms with van der Waals surface area (Å²) in [6.07, 6.45) is 0. The first-order valence-corrected chi connectivity index (χ1v) is 11.7. The van der Waals surface area contributed by atoms with Crippen LogP contribution in [0.1, 0.15) is 22.3 Å². The second kappa shape index (κ2) is 8.61. The van der Waals surface area contributed by atoms with Gasteiger partial charge in [-0.05, 0) is 42.8 Å². The second-order valence-electron chi connectivity index (χ2n) is 7.83. The van der Waals surface area contributed by atoms with E-state index in [1.54, 1.807) is 7.11 Å². The zero-order chi connectivity index (χ0) is 22.2. The Balaban J connectivity index is 1.49. The molecule has 1 fully saturated rings. The SMILES string of the molecule is COc1cccc(C(c2sc3nc(C)nn3c2O)N2CCN(c3cccc(Cl)c3)CC2)c1. The minimum atomic E-state index is -0.125. The van der Waals surface area contributed by atoms with Crippen LogP contribution in [-0.2, 0) is 0 Å². The molecule has 1 aliphatic rings. The van der Waals surface area contributed by atoms with Crippen molar-refractivity contribution in [2.24, 2.45) is 0 Å². The van der Waals surface area contributed by atoms with E-state index in [2.05, 4.69) is 32.0 Å². The van der Waals surface area contributed by atoms with Crippen molar-refractivity contribution in [3.63, 3.8) is 0 Å². The molecule has 0 saturated carbocycles. The molecule has 1 aliphatic heterocycles. The third-order valence-corrected chi connectivity index (χ3v) is 7.12. The minimum Gasteiger partial charge on any atom is -0.497 e.